The lowest BCUT2D eigenvalue weighted by Crippen LogP contribution is -2.43. The predicted molar refractivity (Wildman–Crippen MR) is 192 cm³/mol. The van der Waals surface area contributed by atoms with Gasteiger partial charge in [0.1, 0.15) is 23.0 Å². The molecule has 15 heteroatoms. The Morgan fingerprint density at radius 3 is 2.27 bits per heavy atom. The van der Waals surface area contributed by atoms with E-state index in [2.05, 4.69) is 15.1 Å². The highest BCUT2D eigenvalue weighted by Gasteiger charge is 2.36. The standard InChI is InChI=1S/C34H42Cl2N6O6S/c1-33(2,3)47-31(43)22-42(49(45,46)27-20-24(35)19-25(36)21-27)26-8-9-28-23(18-26)12-15-41(28)30-11-10-29(37-38-30)39-13-7-14-40(17-16-39)32(44)48-34(4,5)6/h8-12,15,18-20,27H,7,13-14,16-17,21-22H2,1-6H3. The molecule has 264 valence electrons. The Balaban J connectivity index is 1.37. The van der Waals surface area contributed by atoms with Crippen LogP contribution in [0, 0.1) is 0 Å². The lowest BCUT2D eigenvalue weighted by atomic mass is 10.2. The number of esters is 1. The Labute approximate surface area is 297 Å². The number of aromatic nitrogens is 3. The molecule has 1 atom stereocenters. The summed E-state index contributed by atoms with van der Waals surface area (Å²) in [5.74, 6) is 0.570. The van der Waals surface area contributed by atoms with Gasteiger partial charge in [-0.05, 0) is 96.5 Å². The molecule has 12 nitrogen and oxygen atoms in total. The lowest BCUT2D eigenvalue weighted by molar-refractivity contribution is -0.152. The first-order chi connectivity index (χ1) is 22.9. The van der Waals surface area contributed by atoms with Gasteiger partial charge in [-0.1, -0.05) is 23.2 Å². The first-order valence-electron chi connectivity index (χ1n) is 16.0. The Hall–Kier alpha value is -3.81. The van der Waals surface area contributed by atoms with E-state index in [0.29, 0.717) is 36.3 Å². The van der Waals surface area contributed by atoms with Gasteiger partial charge in [0.05, 0.1) is 11.2 Å². The van der Waals surface area contributed by atoms with Crippen LogP contribution < -0.4 is 9.21 Å². The van der Waals surface area contributed by atoms with Crippen LogP contribution in [-0.2, 0) is 24.3 Å². The minimum absolute atomic E-state index is 0.0254. The molecule has 5 rings (SSSR count). The minimum Gasteiger partial charge on any atom is -0.459 e. The van der Waals surface area contributed by atoms with Gasteiger partial charge >= 0.3 is 12.1 Å². The number of rotatable bonds is 7. The highest BCUT2D eigenvalue weighted by molar-refractivity contribution is 7.93. The van der Waals surface area contributed by atoms with Crippen molar-refractivity contribution in [1.29, 1.82) is 0 Å². The maximum Gasteiger partial charge on any atom is 0.410 e. The number of hydrogen-bond donors (Lipinski definition) is 0. The Morgan fingerprint density at radius 1 is 0.918 bits per heavy atom. The summed E-state index contributed by atoms with van der Waals surface area (Å²) in [7, 11) is -4.16. The van der Waals surface area contributed by atoms with E-state index in [-0.39, 0.29) is 23.2 Å². The number of amides is 1. The summed E-state index contributed by atoms with van der Waals surface area (Å²) in [6.45, 7) is 12.6. The second-order valence-electron chi connectivity index (χ2n) is 14.0. The number of anilines is 2. The fraction of sp³-hybridized carbons (Fsp3) is 0.471. The van der Waals surface area contributed by atoms with Crippen LogP contribution in [0.5, 0.6) is 0 Å². The summed E-state index contributed by atoms with van der Waals surface area (Å²) in [4.78, 5) is 29.4. The Bertz CT molecular complexity index is 1880. The molecule has 0 bridgehead atoms. The molecule has 49 heavy (non-hydrogen) atoms. The van der Waals surface area contributed by atoms with Gasteiger partial charge in [-0.2, -0.15) is 0 Å². The molecule has 0 saturated carbocycles. The molecule has 1 unspecified atom stereocenters. The van der Waals surface area contributed by atoms with E-state index in [1.807, 2.05) is 49.7 Å². The first kappa shape index (κ1) is 36.5. The van der Waals surface area contributed by atoms with Gasteiger partial charge < -0.3 is 19.3 Å². The average Bonchev–Trinajstić information content (AvgIpc) is 3.25. The van der Waals surface area contributed by atoms with Crippen LogP contribution in [0.1, 0.15) is 54.4 Å². The van der Waals surface area contributed by atoms with Crippen molar-refractivity contribution in [2.45, 2.75) is 70.8 Å². The fourth-order valence-electron chi connectivity index (χ4n) is 5.62. The molecule has 2 aliphatic rings. The van der Waals surface area contributed by atoms with Crippen molar-refractivity contribution in [2.24, 2.45) is 0 Å². The molecular formula is C34H42Cl2N6O6S. The maximum absolute atomic E-state index is 14.0. The molecule has 3 heterocycles. The molecule has 1 aliphatic heterocycles. The van der Waals surface area contributed by atoms with Crippen LogP contribution in [0.2, 0.25) is 0 Å². The number of nitrogens with zero attached hydrogens (tertiary/aromatic N) is 6. The zero-order valence-corrected chi connectivity index (χ0v) is 30.8. The summed E-state index contributed by atoms with van der Waals surface area (Å²) in [5.41, 5.74) is -0.318. The second kappa shape index (κ2) is 14.2. The van der Waals surface area contributed by atoms with Crippen LogP contribution in [0.3, 0.4) is 0 Å². The summed E-state index contributed by atoms with van der Waals surface area (Å²) in [5, 5.41) is 9.14. The van der Waals surface area contributed by atoms with E-state index in [1.54, 1.807) is 43.9 Å². The van der Waals surface area contributed by atoms with Crippen LogP contribution >= 0.6 is 23.2 Å². The predicted octanol–water partition coefficient (Wildman–Crippen LogP) is 6.36. The van der Waals surface area contributed by atoms with Gasteiger partial charge in [-0.15, -0.1) is 10.2 Å². The number of fused-ring (bicyclic) bond motifs is 1. The largest absolute Gasteiger partial charge is 0.459 e. The van der Waals surface area contributed by atoms with Crippen molar-refractivity contribution in [2.75, 3.05) is 41.9 Å². The molecule has 1 saturated heterocycles. The molecule has 1 aromatic carbocycles. The quantitative estimate of drug-likeness (QED) is 0.255. The fourth-order valence-corrected chi connectivity index (χ4v) is 8.13. The number of allylic oxidation sites excluding steroid dienone is 3. The number of carbonyl (C=O) groups is 2. The Morgan fingerprint density at radius 2 is 1.61 bits per heavy atom. The van der Waals surface area contributed by atoms with Crippen LogP contribution in [0.25, 0.3) is 16.7 Å². The van der Waals surface area contributed by atoms with Gasteiger partial charge in [0.25, 0.3) is 0 Å². The van der Waals surface area contributed by atoms with Gasteiger partial charge in [0.15, 0.2) is 11.6 Å². The molecule has 2 aromatic heterocycles. The summed E-state index contributed by atoms with van der Waals surface area (Å²) in [6, 6.07) is 10.7. The van der Waals surface area contributed by atoms with E-state index < -0.39 is 39.0 Å². The monoisotopic (exact) mass is 732 g/mol. The normalized spacial score (nSPS) is 17.7. The van der Waals surface area contributed by atoms with Crippen LogP contribution in [-0.4, -0.2) is 89.3 Å². The highest BCUT2D eigenvalue weighted by atomic mass is 35.5. The van der Waals surface area contributed by atoms with Crippen molar-refractivity contribution in [1.82, 2.24) is 19.7 Å². The minimum atomic E-state index is -4.16. The Kier molecular flexibility index (Phi) is 10.6. The number of ether oxygens (including phenoxy) is 2. The van der Waals surface area contributed by atoms with E-state index >= 15 is 0 Å². The van der Waals surface area contributed by atoms with E-state index in [1.165, 1.54) is 12.2 Å². The van der Waals surface area contributed by atoms with E-state index in [9.17, 15) is 18.0 Å². The van der Waals surface area contributed by atoms with Crippen molar-refractivity contribution in [3.8, 4) is 5.82 Å². The van der Waals surface area contributed by atoms with Crippen molar-refractivity contribution in [3.05, 3.63) is 64.8 Å². The summed E-state index contributed by atoms with van der Waals surface area (Å²) in [6.07, 6.45) is 5.22. The SMILES string of the molecule is CC(C)(C)OC(=O)CN(c1ccc2c(ccn2-c2ccc(N3CCCN(C(=O)OC(C)(C)C)CC3)nn2)c1)S(=O)(=O)C1C=C(Cl)C=C(Cl)C1. The smallest absolute Gasteiger partial charge is 0.410 e. The molecule has 1 fully saturated rings. The lowest BCUT2D eigenvalue weighted by Gasteiger charge is -2.30. The third kappa shape index (κ3) is 9.06. The molecule has 0 N–H and O–H groups in total. The molecule has 0 spiro atoms. The second-order valence-corrected chi connectivity index (χ2v) is 17.0. The number of benzene rings is 1. The zero-order valence-electron chi connectivity index (χ0n) is 28.5. The van der Waals surface area contributed by atoms with Gasteiger partial charge in [0.2, 0.25) is 10.0 Å². The van der Waals surface area contributed by atoms with Crippen molar-refractivity contribution in [3.63, 3.8) is 0 Å². The average molecular weight is 734 g/mol. The molecule has 1 aliphatic carbocycles. The van der Waals surface area contributed by atoms with Crippen LogP contribution in [0.4, 0.5) is 16.3 Å². The van der Waals surface area contributed by atoms with Gasteiger partial charge in [-0.3, -0.25) is 13.7 Å². The van der Waals surface area contributed by atoms with Gasteiger partial charge in [-0.25, -0.2) is 13.2 Å². The summed E-state index contributed by atoms with van der Waals surface area (Å²) >= 11 is 12.4. The number of halogens is 2. The first-order valence-corrected chi connectivity index (χ1v) is 18.3. The molecule has 1 amide bonds. The van der Waals surface area contributed by atoms with Crippen LogP contribution in [0.15, 0.2) is 64.8 Å². The molecular weight excluding hydrogens is 691 g/mol. The molecule has 3 aromatic rings. The zero-order chi connectivity index (χ0) is 35.7. The number of carbonyl (C=O) groups excluding carboxylic acids is 2. The van der Waals surface area contributed by atoms with Crippen molar-refractivity contribution >= 4 is 67.7 Å². The van der Waals surface area contributed by atoms with Crippen molar-refractivity contribution < 1.29 is 27.5 Å². The van der Waals surface area contributed by atoms with E-state index in [4.69, 9.17) is 32.7 Å². The molecule has 0 radical (unpaired) electrons. The third-order valence-corrected chi connectivity index (χ3v) is 10.3. The van der Waals surface area contributed by atoms with E-state index in [0.717, 1.165) is 28.2 Å². The third-order valence-electron chi connectivity index (χ3n) is 7.73. The highest BCUT2D eigenvalue weighted by Crippen LogP contribution is 2.33. The topological polar surface area (TPSA) is 127 Å². The maximum atomic E-state index is 14.0. The van der Waals surface area contributed by atoms with Gasteiger partial charge in [0, 0.05) is 54.2 Å². The number of sulfonamides is 1. The number of hydrogen-bond acceptors (Lipinski definition) is 9. The summed E-state index contributed by atoms with van der Waals surface area (Å²) < 4.78 is 42.0.